The van der Waals surface area contributed by atoms with Gasteiger partial charge in [-0.25, -0.2) is 0 Å². The molecule has 5 heteroatoms. The standard InChI is InChI=1S/C36H40N2O3/c1-25-9-10-28(21-26(25)2)11-14-34(40)37(3)30-15-17-36(41)33-22-29-12-13-31(39)23-32(29)35(36,24-30)18-20-38(33)19-16-27-7-5-4-6-8-27/h4-10,12-13,21,23,30,33,39,41H,15-20,22,24H2,1-3H3/t30-,33+,35+,36+/m0/s1. The number of phenolic OH excluding ortho intramolecular Hbond substituents is 1. The molecular formula is C36H40N2O3. The Kier molecular flexibility index (Phi) is 7.18. The first-order chi connectivity index (χ1) is 19.7. The highest BCUT2D eigenvalue weighted by molar-refractivity contribution is 5.94. The lowest BCUT2D eigenvalue weighted by Crippen LogP contribution is -2.74. The van der Waals surface area contributed by atoms with E-state index in [4.69, 9.17) is 0 Å². The molecule has 5 nitrogen and oxygen atoms in total. The Labute approximate surface area is 243 Å². The minimum Gasteiger partial charge on any atom is -0.508 e. The number of piperidine rings is 1. The summed E-state index contributed by atoms with van der Waals surface area (Å²) in [6.07, 6.45) is 4.50. The quantitative estimate of drug-likeness (QED) is 0.455. The third-order valence-electron chi connectivity index (χ3n) is 10.3. The predicted molar refractivity (Wildman–Crippen MR) is 162 cm³/mol. The largest absolute Gasteiger partial charge is 0.508 e. The van der Waals surface area contributed by atoms with E-state index >= 15 is 0 Å². The van der Waals surface area contributed by atoms with E-state index in [0.29, 0.717) is 12.8 Å². The number of fused-ring (bicyclic) bond motifs is 1. The minimum atomic E-state index is -0.922. The number of phenols is 1. The monoisotopic (exact) mass is 548 g/mol. The summed E-state index contributed by atoms with van der Waals surface area (Å²) >= 11 is 0. The Morgan fingerprint density at radius 3 is 2.63 bits per heavy atom. The van der Waals surface area contributed by atoms with Gasteiger partial charge >= 0.3 is 0 Å². The number of rotatable bonds is 4. The van der Waals surface area contributed by atoms with Crippen molar-refractivity contribution in [2.75, 3.05) is 20.1 Å². The molecule has 3 aromatic rings. The van der Waals surface area contributed by atoms with Gasteiger partial charge in [0.25, 0.3) is 5.91 Å². The molecule has 2 fully saturated rings. The van der Waals surface area contributed by atoms with Crippen molar-refractivity contribution >= 4 is 5.91 Å². The smallest absolute Gasteiger partial charge is 0.298 e. The van der Waals surface area contributed by atoms with Gasteiger partial charge in [-0.15, -0.1) is 0 Å². The van der Waals surface area contributed by atoms with Crippen LogP contribution in [0.25, 0.3) is 0 Å². The lowest BCUT2D eigenvalue weighted by molar-refractivity contribution is -0.176. The molecule has 3 aromatic carbocycles. The van der Waals surface area contributed by atoms with E-state index in [0.717, 1.165) is 55.5 Å². The number of aliphatic hydroxyl groups is 1. The van der Waals surface area contributed by atoms with E-state index in [2.05, 4.69) is 54.9 Å². The molecule has 2 N–H and O–H groups in total. The zero-order valence-corrected chi connectivity index (χ0v) is 24.4. The maximum Gasteiger partial charge on any atom is 0.298 e. The van der Waals surface area contributed by atoms with Crippen LogP contribution in [0, 0.1) is 25.7 Å². The van der Waals surface area contributed by atoms with E-state index in [1.54, 1.807) is 11.0 Å². The second kappa shape index (κ2) is 10.7. The molecule has 1 aliphatic heterocycles. The van der Waals surface area contributed by atoms with Crippen molar-refractivity contribution in [2.45, 2.75) is 75.5 Å². The Hall–Kier alpha value is -3.59. The average molecular weight is 549 g/mol. The maximum absolute atomic E-state index is 13.3. The molecule has 4 atom stereocenters. The highest BCUT2D eigenvalue weighted by atomic mass is 16.3. The van der Waals surface area contributed by atoms with Crippen LogP contribution in [0.5, 0.6) is 5.75 Å². The van der Waals surface area contributed by atoms with Crippen molar-refractivity contribution in [3.05, 3.63) is 100 Å². The number of carbonyl (C=O) groups excluding carboxylic acids is 1. The number of amides is 1. The van der Waals surface area contributed by atoms with Gasteiger partial charge in [0, 0.05) is 42.6 Å². The van der Waals surface area contributed by atoms with Crippen molar-refractivity contribution in [2.24, 2.45) is 0 Å². The molecular weight excluding hydrogens is 508 g/mol. The SMILES string of the molecule is Cc1ccc(C#CC(=O)N(C)[C@H]2CC[C@@]3(O)[C@H]4Cc5ccc(O)cc5[C@@]3(CCN4CCc3ccccc3)C2)cc1C. The van der Waals surface area contributed by atoms with Gasteiger partial charge < -0.3 is 15.1 Å². The number of aromatic hydroxyl groups is 1. The summed E-state index contributed by atoms with van der Waals surface area (Å²) in [5.74, 6) is 5.97. The van der Waals surface area contributed by atoms with Crippen LogP contribution in [0.15, 0.2) is 66.7 Å². The van der Waals surface area contributed by atoms with Crippen molar-refractivity contribution in [3.8, 4) is 17.6 Å². The fraction of sp³-hybridized carbons (Fsp3) is 0.417. The van der Waals surface area contributed by atoms with Crippen LogP contribution >= 0.6 is 0 Å². The second-order valence-electron chi connectivity index (χ2n) is 12.5. The van der Waals surface area contributed by atoms with Gasteiger partial charge in [0.1, 0.15) is 5.75 Å². The van der Waals surface area contributed by atoms with Crippen LogP contribution in [0.1, 0.15) is 59.1 Å². The van der Waals surface area contributed by atoms with Crippen LogP contribution in [0.2, 0.25) is 0 Å². The fourth-order valence-corrected chi connectivity index (χ4v) is 7.79. The van der Waals surface area contributed by atoms with Gasteiger partial charge in [0.05, 0.1) is 5.60 Å². The van der Waals surface area contributed by atoms with Crippen molar-refractivity contribution in [1.29, 1.82) is 0 Å². The van der Waals surface area contributed by atoms with Crippen LogP contribution in [0.3, 0.4) is 0 Å². The average Bonchev–Trinajstić information content (AvgIpc) is 2.97. The first-order valence-corrected chi connectivity index (χ1v) is 14.9. The highest BCUT2D eigenvalue weighted by Crippen LogP contribution is 2.59. The third-order valence-corrected chi connectivity index (χ3v) is 10.3. The molecule has 1 amide bonds. The summed E-state index contributed by atoms with van der Waals surface area (Å²) in [5, 5.41) is 23.2. The predicted octanol–water partition coefficient (Wildman–Crippen LogP) is 4.91. The van der Waals surface area contributed by atoms with Gasteiger partial charge in [-0.2, -0.15) is 0 Å². The minimum absolute atomic E-state index is 0.00327. The summed E-state index contributed by atoms with van der Waals surface area (Å²) in [5.41, 5.74) is 5.33. The maximum atomic E-state index is 13.3. The van der Waals surface area contributed by atoms with Gasteiger partial charge in [0.15, 0.2) is 0 Å². The highest BCUT2D eigenvalue weighted by Gasteiger charge is 2.64. The van der Waals surface area contributed by atoms with Crippen LogP contribution in [-0.4, -0.2) is 63.7 Å². The number of nitrogens with zero attached hydrogens (tertiary/aromatic N) is 2. The first-order valence-electron chi connectivity index (χ1n) is 14.9. The number of carbonyl (C=O) groups is 1. The third kappa shape index (κ3) is 4.84. The van der Waals surface area contributed by atoms with Crippen molar-refractivity contribution in [1.82, 2.24) is 9.80 Å². The van der Waals surface area contributed by atoms with Crippen LogP contribution in [-0.2, 0) is 23.1 Å². The Bertz CT molecular complexity index is 1520. The molecule has 0 aromatic heterocycles. The lowest BCUT2D eigenvalue weighted by atomic mass is 9.48. The van der Waals surface area contributed by atoms with E-state index in [9.17, 15) is 15.0 Å². The number of benzene rings is 3. The molecule has 1 saturated carbocycles. The number of likely N-dealkylation sites (tertiary alicyclic amines) is 1. The van der Waals surface area contributed by atoms with Crippen LogP contribution in [0.4, 0.5) is 0 Å². The summed E-state index contributed by atoms with van der Waals surface area (Å²) in [6.45, 7) is 5.90. The lowest BCUT2D eigenvalue weighted by Gasteiger charge is -2.65. The number of hydrogen-bond donors (Lipinski definition) is 2. The number of aryl methyl sites for hydroxylation is 2. The zero-order chi connectivity index (χ0) is 28.8. The molecule has 0 radical (unpaired) electrons. The Balaban J connectivity index is 1.27. The summed E-state index contributed by atoms with van der Waals surface area (Å²) in [6, 6.07) is 22.2. The van der Waals surface area contributed by atoms with Gasteiger partial charge in [-0.3, -0.25) is 9.69 Å². The molecule has 41 heavy (non-hydrogen) atoms. The van der Waals surface area contributed by atoms with E-state index < -0.39 is 11.0 Å². The Morgan fingerprint density at radius 1 is 1.05 bits per heavy atom. The molecule has 2 aliphatic carbocycles. The number of hydrogen-bond acceptors (Lipinski definition) is 4. The normalized spacial score (nSPS) is 26.7. The molecule has 6 rings (SSSR count). The van der Waals surface area contributed by atoms with Crippen molar-refractivity contribution < 1.29 is 15.0 Å². The first kappa shape index (κ1) is 27.6. The molecule has 2 bridgehead atoms. The molecule has 1 heterocycles. The van der Waals surface area contributed by atoms with Gasteiger partial charge in [-0.1, -0.05) is 48.4 Å². The molecule has 0 spiro atoms. The van der Waals surface area contributed by atoms with Crippen molar-refractivity contribution in [3.63, 3.8) is 0 Å². The summed E-state index contributed by atoms with van der Waals surface area (Å²) in [7, 11) is 1.85. The van der Waals surface area contributed by atoms with Crippen LogP contribution < -0.4 is 0 Å². The van der Waals surface area contributed by atoms with Gasteiger partial charge in [0.2, 0.25) is 0 Å². The fourth-order valence-electron chi connectivity index (χ4n) is 7.79. The molecule has 1 saturated heterocycles. The summed E-state index contributed by atoms with van der Waals surface area (Å²) in [4.78, 5) is 17.6. The van der Waals surface area contributed by atoms with E-state index in [-0.39, 0.29) is 23.7 Å². The summed E-state index contributed by atoms with van der Waals surface area (Å²) < 4.78 is 0. The molecule has 0 unspecified atom stereocenters. The van der Waals surface area contributed by atoms with Gasteiger partial charge in [-0.05, 0) is 111 Å². The Morgan fingerprint density at radius 2 is 1.85 bits per heavy atom. The topological polar surface area (TPSA) is 64.0 Å². The molecule has 3 aliphatic rings. The second-order valence-corrected chi connectivity index (χ2v) is 12.5. The van der Waals surface area contributed by atoms with E-state index in [1.807, 2.05) is 43.4 Å². The zero-order valence-electron chi connectivity index (χ0n) is 24.4. The molecule has 212 valence electrons. The van der Waals surface area contributed by atoms with E-state index in [1.165, 1.54) is 16.7 Å².